The maximum Gasteiger partial charge on any atom is 0.287 e. The molecule has 1 aliphatic heterocycles. The number of carbonyl (C=O) groups is 2. The quantitative estimate of drug-likeness (QED) is 0.777. The first-order valence-corrected chi connectivity index (χ1v) is 8.67. The van der Waals surface area contributed by atoms with E-state index in [1.807, 2.05) is 12.1 Å². The monoisotopic (exact) mass is 357 g/mol. The number of ether oxygens (including phenoxy) is 1. The summed E-state index contributed by atoms with van der Waals surface area (Å²) in [5, 5.41) is 5.30. The van der Waals surface area contributed by atoms with E-state index in [2.05, 4.69) is 27.7 Å². The van der Waals surface area contributed by atoms with Crippen LogP contribution in [-0.4, -0.2) is 49.6 Å². The van der Waals surface area contributed by atoms with Crippen LogP contribution >= 0.6 is 0 Å². The molecule has 7 nitrogen and oxygen atoms in total. The van der Waals surface area contributed by atoms with Crippen LogP contribution in [0.1, 0.15) is 21.7 Å². The van der Waals surface area contributed by atoms with Gasteiger partial charge in [0.2, 0.25) is 5.91 Å². The first-order chi connectivity index (χ1) is 12.7. The number of carbonyl (C=O) groups excluding carboxylic acids is 2. The van der Waals surface area contributed by atoms with Gasteiger partial charge in [-0.15, -0.1) is 0 Å². The molecule has 7 heteroatoms. The molecule has 0 saturated carbocycles. The standard InChI is InChI=1S/C19H23N3O4/c23-18(13-21-19(24)17-2-1-9-26-17)20-12-15-3-5-16(6-4-15)14-22-7-10-25-11-8-22/h1-6,9H,7-8,10-14H2,(H,20,23)(H,21,24). The average molecular weight is 357 g/mol. The van der Waals surface area contributed by atoms with E-state index in [-0.39, 0.29) is 18.2 Å². The average Bonchev–Trinajstić information content (AvgIpc) is 3.21. The highest BCUT2D eigenvalue weighted by atomic mass is 16.5. The van der Waals surface area contributed by atoms with Crippen LogP contribution < -0.4 is 10.6 Å². The van der Waals surface area contributed by atoms with Gasteiger partial charge in [-0.25, -0.2) is 0 Å². The maximum absolute atomic E-state index is 11.8. The van der Waals surface area contributed by atoms with Crippen LogP contribution in [0.15, 0.2) is 47.1 Å². The predicted octanol–water partition coefficient (Wildman–Crippen LogP) is 1.16. The number of morpholine rings is 1. The molecule has 1 fully saturated rings. The summed E-state index contributed by atoms with van der Waals surface area (Å²) in [6, 6.07) is 11.4. The van der Waals surface area contributed by atoms with Gasteiger partial charge in [-0.1, -0.05) is 24.3 Å². The lowest BCUT2D eigenvalue weighted by molar-refractivity contribution is -0.120. The van der Waals surface area contributed by atoms with Crippen LogP contribution in [0, 0.1) is 0 Å². The van der Waals surface area contributed by atoms with E-state index >= 15 is 0 Å². The van der Waals surface area contributed by atoms with Crippen molar-refractivity contribution >= 4 is 11.8 Å². The SMILES string of the molecule is O=C(CNC(=O)c1ccco1)NCc1ccc(CN2CCOCC2)cc1. The molecule has 2 aromatic rings. The molecule has 0 aliphatic carbocycles. The predicted molar refractivity (Wildman–Crippen MR) is 95.4 cm³/mol. The second-order valence-corrected chi connectivity index (χ2v) is 6.14. The first kappa shape index (κ1) is 18.2. The van der Waals surface area contributed by atoms with Crippen LogP contribution in [0.25, 0.3) is 0 Å². The van der Waals surface area contributed by atoms with Crippen LogP contribution in [0.5, 0.6) is 0 Å². The second-order valence-electron chi connectivity index (χ2n) is 6.14. The molecule has 26 heavy (non-hydrogen) atoms. The van der Waals surface area contributed by atoms with Gasteiger partial charge in [-0.3, -0.25) is 14.5 Å². The molecule has 1 aliphatic rings. The van der Waals surface area contributed by atoms with Crippen molar-refractivity contribution in [1.29, 1.82) is 0 Å². The Kier molecular flexibility index (Phi) is 6.40. The van der Waals surface area contributed by atoms with Crippen molar-refractivity contribution < 1.29 is 18.7 Å². The number of hydrogen-bond acceptors (Lipinski definition) is 5. The van der Waals surface area contributed by atoms with Gasteiger partial charge >= 0.3 is 0 Å². The van der Waals surface area contributed by atoms with E-state index in [4.69, 9.17) is 9.15 Å². The zero-order chi connectivity index (χ0) is 18.2. The fourth-order valence-electron chi connectivity index (χ4n) is 2.70. The Morgan fingerprint density at radius 1 is 1.00 bits per heavy atom. The molecule has 2 heterocycles. The summed E-state index contributed by atoms with van der Waals surface area (Å²) >= 11 is 0. The lowest BCUT2D eigenvalue weighted by Crippen LogP contribution is -2.36. The summed E-state index contributed by atoms with van der Waals surface area (Å²) in [7, 11) is 0. The van der Waals surface area contributed by atoms with Gasteiger partial charge in [0.1, 0.15) is 0 Å². The number of nitrogens with zero attached hydrogens (tertiary/aromatic N) is 1. The van der Waals surface area contributed by atoms with E-state index in [1.165, 1.54) is 11.8 Å². The Morgan fingerprint density at radius 3 is 2.42 bits per heavy atom. The number of hydrogen-bond donors (Lipinski definition) is 2. The van der Waals surface area contributed by atoms with E-state index in [9.17, 15) is 9.59 Å². The molecule has 0 bridgehead atoms. The Balaban J connectivity index is 1.38. The molecule has 2 amide bonds. The third-order valence-electron chi connectivity index (χ3n) is 4.18. The fraction of sp³-hybridized carbons (Fsp3) is 0.368. The molecule has 1 aromatic carbocycles. The van der Waals surface area contributed by atoms with Gasteiger partial charge in [0.15, 0.2) is 5.76 Å². The zero-order valence-corrected chi connectivity index (χ0v) is 14.6. The second kappa shape index (κ2) is 9.17. The van der Waals surface area contributed by atoms with Gasteiger partial charge in [-0.05, 0) is 23.3 Å². The smallest absolute Gasteiger partial charge is 0.287 e. The van der Waals surface area contributed by atoms with E-state index in [1.54, 1.807) is 12.1 Å². The summed E-state index contributed by atoms with van der Waals surface area (Å²) in [5.74, 6) is -0.464. The summed E-state index contributed by atoms with van der Waals surface area (Å²) in [6.07, 6.45) is 1.41. The minimum absolute atomic E-state index is 0.0886. The third kappa shape index (κ3) is 5.44. The van der Waals surface area contributed by atoms with Crippen LogP contribution in [0.2, 0.25) is 0 Å². The summed E-state index contributed by atoms with van der Waals surface area (Å²) in [4.78, 5) is 25.9. The lowest BCUT2D eigenvalue weighted by Gasteiger charge is -2.26. The van der Waals surface area contributed by atoms with Gasteiger partial charge < -0.3 is 19.8 Å². The van der Waals surface area contributed by atoms with E-state index < -0.39 is 5.91 Å². The van der Waals surface area contributed by atoms with Gasteiger partial charge in [0.25, 0.3) is 5.91 Å². The topological polar surface area (TPSA) is 83.8 Å². The summed E-state index contributed by atoms with van der Waals surface area (Å²) in [5.41, 5.74) is 2.26. The zero-order valence-electron chi connectivity index (χ0n) is 14.6. The number of rotatable bonds is 7. The van der Waals surface area contributed by atoms with E-state index in [0.717, 1.165) is 38.4 Å². The first-order valence-electron chi connectivity index (χ1n) is 8.67. The minimum atomic E-state index is -0.405. The van der Waals surface area contributed by atoms with Gasteiger partial charge in [-0.2, -0.15) is 0 Å². The third-order valence-corrected chi connectivity index (χ3v) is 4.18. The molecule has 1 saturated heterocycles. The Hall–Kier alpha value is -2.64. The largest absolute Gasteiger partial charge is 0.459 e. The molecular weight excluding hydrogens is 334 g/mol. The molecular formula is C19H23N3O4. The number of amides is 2. The van der Waals surface area contributed by atoms with Crippen molar-refractivity contribution in [3.63, 3.8) is 0 Å². The normalized spacial score (nSPS) is 14.8. The highest BCUT2D eigenvalue weighted by Crippen LogP contribution is 2.09. The fourth-order valence-corrected chi connectivity index (χ4v) is 2.70. The van der Waals surface area contributed by atoms with Gasteiger partial charge in [0, 0.05) is 26.2 Å². The van der Waals surface area contributed by atoms with Crippen LogP contribution in [0.3, 0.4) is 0 Å². The van der Waals surface area contributed by atoms with Crippen molar-refractivity contribution in [2.45, 2.75) is 13.1 Å². The highest BCUT2D eigenvalue weighted by molar-refractivity contribution is 5.94. The highest BCUT2D eigenvalue weighted by Gasteiger charge is 2.11. The maximum atomic E-state index is 11.8. The molecule has 2 N–H and O–H groups in total. The summed E-state index contributed by atoms with van der Waals surface area (Å²) in [6.45, 7) is 4.75. The van der Waals surface area contributed by atoms with Crippen LogP contribution in [-0.2, 0) is 22.6 Å². The number of benzene rings is 1. The molecule has 0 spiro atoms. The van der Waals surface area contributed by atoms with Crippen molar-refractivity contribution in [2.75, 3.05) is 32.8 Å². The van der Waals surface area contributed by atoms with Crippen LogP contribution in [0.4, 0.5) is 0 Å². The molecule has 3 rings (SSSR count). The molecule has 0 atom stereocenters. The molecule has 138 valence electrons. The van der Waals surface area contributed by atoms with Gasteiger partial charge in [0.05, 0.1) is 26.0 Å². The lowest BCUT2D eigenvalue weighted by atomic mass is 10.1. The van der Waals surface area contributed by atoms with Crippen molar-refractivity contribution in [3.8, 4) is 0 Å². The Labute approximate surface area is 152 Å². The minimum Gasteiger partial charge on any atom is -0.459 e. The van der Waals surface area contributed by atoms with Crippen molar-refractivity contribution in [3.05, 3.63) is 59.5 Å². The van der Waals surface area contributed by atoms with E-state index in [0.29, 0.717) is 6.54 Å². The number of nitrogens with one attached hydrogen (secondary N) is 2. The molecule has 0 radical (unpaired) electrons. The molecule has 1 aromatic heterocycles. The molecule has 0 unspecified atom stereocenters. The Morgan fingerprint density at radius 2 is 1.73 bits per heavy atom. The van der Waals surface area contributed by atoms with Crippen molar-refractivity contribution in [1.82, 2.24) is 15.5 Å². The summed E-state index contributed by atoms with van der Waals surface area (Å²) < 4.78 is 10.3. The van der Waals surface area contributed by atoms with Crippen molar-refractivity contribution in [2.24, 2.45) is 0 Å². The number of furan rings is 1. The Bertz CT molecular complexity index is 707.